The first-order chi connectivity index (χ1) is 20.6. The Labute approximate surface area is 250 Å². The third kappa shape index (κ3) is 11.6. The predicted molar refractivity (Wildman–Crippen MR) is 157 cm³/mol. The van der Waals surface area contributed by atoms with Gasteiger partial charge in [-0.3, -0.25) is 9.69 Å². The molecule has 2 atom stereocenters. The Hall–Kier alpha value is -4.03. The summed E-state index contributed by atoms with van der Waals surface area (Å²) in [6.45, 7) is 3.28. The van der Waals surface area contributed by atoms with Gasteiger partial charge in [0, 0.05) is 57.1 Å². The molecule has 4 N–H and O–H groups in total. The summed E-state index contributed by atoms with van der Waals surface area (Å²) in [5.74, 6) is -1.99. The number of hydrogen-bond donors (Lipinski definition) is 4. The molecular formula is C31H40FN3O8. The highest BCUT2D eigenvalue weighted by Gasteiger charge is 2.39. The molecule has 1 aromatic heterocycles. The first kappa shape index (κ1) is 33.5. The lowest BCUT2D eigenvalue weighted by molar-refractivity contribution is -0.137. The quantitative estimate of drug-likeness (QED) is 0.184. The Bertz CT molecular complexity index is 1260. The van der Waals surface area contributed by atoms with Crippen LogP contribution in [0, 0.1) is 0 Å². The van der Waals surface area contributed by atoms with Gasteiger partial charge in [0.2, 0.25) is 0 Å². The number of hydrogen-bond acceptors (Lipinski definition) is 8. The molecule has 0 amide bonds. The number of nitrogens with one attached hydrogen (secondary N) is 1. The van der Waals surface area contributed by atoms with E-state index >= 15 is 4.39 Å². The zero-order valence-electron chi connectivity index (χ0n) is 24.3. The maximum absolute atomic E-state index is 15.7. The highest BCUT2D eigenvalue weighted by Crippen LogP contribution is 2.33. The molecule has 11 nitrogen and oxygen atoms in total. The number of benzene rings is 1. The van der Waals surface area contributed by atoms with Crippen LogP contribution in [0.4, 0.5) is 10.2 Å². The second kappa shape index (κ2) is 16.6. The van der Waals surface area contributed by atoms with Crippen molar-refractivity contribution in [1.82, 2.24) is 9.88 Å². The number of fused-ring (bicyclic) bond motifs is 1. The van der Waals surface area contributed by atoms with Gasteiger partial charge in [0.05, 0.1) is 13.0 Å². The minimum atomic E-state index is -1.29. The number of aromatic nitrogens is 1. The molecule has 0 bridgehead atoms. The van der Waals surface area contributed by atoms with Crippen molar-refractivity contribution < 1.29 is 43.6 Å². The zero-order valence-corrected chi connectivity index (χ0v) is 24.3. The fourth-order valence-electron chi connectivity index (χ4n) is 5.19. The van der Waals surface area contributed by atoms with E-state index in [1.165, 1.54) is 5.56 Å². The molecule has 4 rings (SSSR count). The van der Waals surface area contributed by atoms with Crippen LogP contribution < -0.4 is 10.1 Å². The number of aliphatic carboxylic acids is 3. The number of likely N-dealkylation sites (tertiary alicyclic amines) is 1. The largest absolute Gasteiger partial charge is 0.491 e. The molecular weight excluding hydrogens is 561 g/mol. The number of alkyl halides is 1. The fraction of sp³-hybridized carbons (Fsp3) is 0.484. The van der Waals surface area contributed by atoms with Crippen LogP contribution in [0.3, 0.4) is 0 Å². The minimum absolute atomic E-state index is 0.0106. The van der Waals surface area contributed by atoms with Crippen molar-refractivity contribution in [3.63, 3.8) is 0 Å². The lowest BCUT2D eigenvalue weighted by Crippen LogP contribution is -2.32. The summed E-state index contributed by atoms with van der Waals surface area (Å²) in [5, 5.41) is 28.5. The smallest absolute Gasteiger partial charge is 0.328 e. The molecule has 2 unspecified atom stereocenters. The maximum Gasteiger partial charge on any atom is 0.328 e. The van der Waals surface area contributed by atoms with E-state index in [9.17, 15) is 19.5 Å². The Morgan fingerprint density at radius 2 is 1.91 bits per heavy atom. The van der Waals surface area contributed by atoms with Crippen molar-refractivity contribution in [1.29, 1.82) is 0 Å². The first-order valence-corrected chi connectivity index (χ1v) is 14.3. The number of carbonyl (C=O) groups is 3. The number of aryl methyl sites for hydroxylation is 2. The van der Waals surface area contributed by atoms with Gasteiger partial charge in [-0.25, -0.2) is 19.0 Å². The fourth-order valence-corrected chi connectivity index (χ4v) is 5.19. The third-order valence-electron chi connectivity index (χ3n) is 7.32. The number of carboxylic acid groups (broad SMARTS) is 3. The summed E-state index contributed by atoms with van der Waals surface area (Å²) in [5.41, 5.74) is 1.76. The van der Waals surface area contributed by atoms with E-state index in [1.807, 2.05) is 30.3 Å². The predicted octanol–water partition coefficient (Wildman–Crippen LogP) is 3.78. The summed E-state index contributed by atoms with van der Waals surface area (Å²) in [4.78, 5) is 37.5. The monoisotopic (exact) mass is 601 g/mol. The molecule has 2 aliphatic rings. The zero-order chi connectivity index (χ0) is 31.2. The molecule has 0 saturated carbocycles. The van der Waals surface area contributed by atoms with Crippen LogP contribution in [0.25, 0.3) is 0 Å². The normalized spacial score (nSPS) is 18.7. The Morgan fingerprint density at radius 3 is 2.60 bits per heavy atom. The Morgan fingerprint density at radius 1 is 1.14 bits per heavy atom. The number of anilines is 1. The van der Waals surface area contributed by atoms with Gasteiger partial charge in [0.25, 0.3) is 0 Å². The van der Waals surface area contributed by atoms with Gasteiger partial charge in [-0.05, 0) is 61.4 Å². The summed E-state index contributed by atoms with van der Waals surface area (Å²) < 4.78 is 26.4. The second-order valence-corrected chi connectivity index (χ2v) is 10.7. The van der Waals surface area contributed by atoms with Crippen molar-refractivity contribution in [2.24, 2.45) is 0 Å². The lowest BCUT2D eigenvalue weighted by Gasteiger charge is -2.25. The molecule has 0 aliphatic carbocycles. The molecule has 43 heavy (non-hydrogen) atoms. The van der Waals surface area contributed by atoms with Gasteiger partial charge in [-0.15, -0.1) is 0 Å². The molecule has 1 fully saturated rings. The SMILES string of the molecule is COCCOc1cccc(C(CC(=O)O)CN2CCC(F)(CCc3ccc4c(n3)NCCC4)C2)c1.O=C(O)/C=C\C(=O)O. The van der Waals surface area contributed by atoms with E-state index in [0.717, 1.165) is 36.5 Å². The van der Waals surface area contributed by atoms with Crippen molar-refractivity contribution in [3.05, 3.63) is 65.4 Å². The maximum atomic E-state index is 15.7. The number of methoxy groups -OCH3 is 1. The van der Waals surface area contributed by atoms with Gasteiger partial charge >= 0.3 is 17.9 Å². The Balaban J connectivity index is 0.000000557. The van der Waals surface area contributed by atoms with Gasteiger partial charge < -0.3 is 30.1 Å². The van der Waals surface area contributed by atoms with Crippen molar-refractivity contribution >= 4 is 23.7 Å². The number of carboxylic acids is 3. The van der Waals surface area contributed by atoms with E-state index < -0.39 is 23.6 Å². The summed E-state index contributed by atoms with van der Waals surface area (Å²) in [7, 11) is 1.62. The third-order valence-corrected chi connectivity index (χ3v) is 7.32. The van der Waals surface area contributed by atoms with Gasteiger partial charge in [0.15, 0.2) is 0 Å². The van der Waals surface area contributed by atoms with Crippen LogP contribution in [0.15, 0.2) is 48.6 Å². The highest BCUT2D eigenvalue weighted by molar-refractivity contribution is 5.89. The number of pyridine rings is 1. The van der Waals surface area contributed by atoms with E-state index in [-0.39, 0.29) is 12.3 Å². The number of ether oxygens (including phenoxy) is 2. The first-order valence-electron chi connectivity index (χ1n) is 14.3. The second-order valence-electron chi connectivity index (χ2n) is 10.7. The van der Waals surface area contributed by atoms with Crippen LogP contribution in [-0.4, -0.2) is 95.3 Å². The van der Waals surface area contributed by atoms with Crippen LogP contribution in [0.5, 0.6) is 5.75 Å². The number of halogens is 1. The summed E-state index contributed by atoms with van der Waals surface area (Å²) in [6.07, 6.45) is 4.73. The molecule has 1 saturated heterocycles. The summed E-state index contributed by atoms with van der Waals surface area (Å²) in [6, 6.07) is 11.7. The average molecular weight is 602 g/mol. The van der Waals surface area contributed by atoms with Crippen LogP contribution in [-0.2, 0) is 32.0 Å². The molecule has 2 aromatic rings. The molecule has 2 aliphatic heterocycles. The van der Waals surface area contributed by atoms with Crippen LogP contribution in [0.1, 0.15) is 48.4 Å². The summed E-state index contributed by atoms with van der Waals surface area (Å²) >= 11 is 0. The molecule has 3 heterocycles. The lowest BCUT2D eigenvalue weighted by atomic mass is 9.94. The number of nitrogens with zero attached hydrogens (tertiary/aromatic N) is 2. The van der Waals surface area contributed by atoms with Gasteiger partial charge in [-0.1, -0.05) is 18.2 Å². The minimum Gasteiger partial charge on any atom is -0.491 e. The molecule has 0 spiro atoms. The van der Waals surface area contributed by atoms with E-state index in [4.69, 9.17) is 24.7 Å². The standard InChI is InChI=1S/C27H36FN3O4.C4H4O4/c1-34-14-15-35-24-6-2-4-21(16-24)22(17-25(32)33)18-31-13-11-27(28,19-31)10-9-23-8-7-20-5-3-12-29-26(20)30-23;5-3(6)1-2-4(7)8/h2,4,6-8,16,22H,3,5,9-15,17-19H2,1H3,(H,29,30)(H,32,33);1-2H,(H,5,6)(H,7,8)/b;2-1-. The Kier molecular flexibility index (Phi) is 12.9. The van der Waals surface area contributed by atoms with Crippen LogP contribution in [0.2, 0.25) is 0 Å². The molecule has 234 valence electrons. The molecule has 0 radical (unpaired) electrons. The van der Waals surface area contributed by atoms with E-state index in [1.54, 1.807) is 7.11 Å². The van der Waals surface area contributed by atoms with Crippen molar-refractivity contribution in [3.8, 4) is 5.75 Å². The van der Waals surface area contributed by atoms with Crippen molar-refractivity contribution in [2.45, 2.75) is 50.1 Å². The topological polar surface area (TPSA) is 159 Å². The van der Waals surface area contributed by atoms with Gasteiger partial charge in [0.1, 0.15) is 23.8 Å². The molecule has 1 aromatic carbocycles. The highest BCUT2D eigenvalue weighted by atomic mass is 19.1. The average Bonchev–Trinajstić information content (AvgIpc) is 3.35. The van der Waals surface area contributed by atoms with E-state index in [0.29, 0.717) is 70.0 Å². The van der Waals surface area contributed by atoms with Crippen molar-refractivity contribution in [2.75, 3.05) is 51.8 Å². The number of rotatable bonds is 14. The van der Waals surface area contributed by atoms with E-state index in [2.05, 4.69) is 16.3 Å². The van der Waals surface area contributed by atoms with Crippen LogP contribution >= 0.6 is 0 Å². The molecule has 12 heteroatoms. The van der Waals surface area contributed by atoms with Gasteiger partial charge in [-0.2, -0.15) is 0 Å².